The summed E-state index contributed by atoms with van der Waals surface area (Å²) >= 11 is 3.38. The molecule has 0 radical (unpaired) electrons. The summed E-state index contributed by atoms with van der Waals surface area (Å²) in [7, 11) is 0. The van der Waals surface area contributed by atoms with Gasteiger partial charge in [-0.05, 0) is 30.2 Å². The minimum absolute atomic E-state index is 0.274. The summed E-state index contributed by atoms with van der Waals surface area (Å²) in [6.45, 7) is 6.23. The van der Waals surface area contributed by atoms with Crippen LogP contribution in [0.25, 0.3) is 6.08 Å². The highest BCUT2D eigenvalue weighted by Crippen LogP contribution is 2.19. The van der Waals surface area contributed by atoms with Crippen molar-refractivity contribution < 1.29 is 9.53 Å². The molecule has 1 aromatic rings. The second kappa shape index (κ2) is 6.48. The summed E-state index contributed by atoms with van der Waals surface area (Å²) in [5.74, 6) is -0.274. The van der Waals surface area contributed by atoms with E-state index in [0.29, 0.717) is 12.2 Å². The molecule has 0 amide bonds. The van der Waals surface area contributed by atoms with Gasteiger partial charge in [0, 0.05) is 4.47 Å². The summed E-state index contributed by atoms with van der Waals surface area (Å²) in [6.07, 6.45) is 3.62. The molecule has 0 spiro atoms. The van der Waals surface area contributed by atoms with Crippen molar-refractivity contribution in [3.05, 3.63) is 40.4 Å². The van der Waals surface area contributed by atoms with Gasteiger partial charge in [0.2, 0.25) is 0 Å². The number of esters is 1. The molecule has 0 aromatic heterocycles. The van der Waals surface area contributed by atoms with Crippen LogP contribution < -0.4 is 0 Å². The van der Waals surface area contributed by atoms with Gasteiger partial charge in [-0.2, -0.15) is 0 Å². The first-order valence-electron chi connectivity index (χ1n) is 5.28. The zero-order chi connectivity index (χ0) is 12.0. The number of rotatable bonds is 5. The van der Waals surface area contributed by atoms with Crippen molar-refractivity contribution in [2.45, 2.75) is 19.8 Å². The van der Waals surface area contributed by atoms with E-state index in [1.54, 1.807) is 18.2 Å². The van der Waals surface area contributed by atoms with Crippen molar-refractivity contribution in [1.29, 1.82) is 0 Å². The molecule has 0 unspecified atom stereocenters. The zero-order valence-corrected chi connectivity index (χ0v) is 10.9. The van der Waals surface area contributed by atoms with Crippen LogP contribution in [0.3, 0.4) is 0 Å². The van der Waals surface area contributed by atoms with Crippen LogP contribution in [0.1, 0.15) is 35.7 Å². The molecule has 1 rings (SSSR count). The second-order valence-corrected chi connectivity index (χ2v) is 4.28. The molecule has 2 nitrogen and oxygen atoms in total. The van der Waals surface area contributed by atoms with E-state index in [1.165, 1.54) is 0 Å². The molecule has 3 heteroatoms. The Morgan fingerprint density at radius 1 is 1.56 bits per heavy atom. The van der Waals surface area contributed by atoms with E-state index < -0.39 is 0 Å². The molecule has 0 aliphatic heterocycles. The van der Waals surface area contributed by atoms with Crippen LogP contribution in [-0.2, 0) is 4.74 Å². The molecule has 0 fully saturated rings. The minimum atomic E-state index is -0.274. The second-order valence-electron chi connectivity index (χ2n) is 3.43. The molecule has 0 N–H and O–H groups in total. The van der Waals surface area contributed by atoms with E-state index in [2.05, 4.69) is 29.4 Å². The molecule has 0 bridgehead atoms. The van der Waals surface area contributed by atoms with Gasteiger partial charge in [-0.25, -0.2) is 4.79 Å². The van der Waals surface area contributed by atoms with Crippen LogP contribution >= 0.6 is 15.9 Å². The van der Waals surface area contributed by atoms with Crippen LogP contribution in [-0.4, -0.2) is 12.6 Å². The third-order valence-corrected chi connectivity index (χ3v) is 2.90. The Morgan fingerprint density at radius 2 is 2.31 bits per heavy atom. The van der Waals surface area contributed by atoms with Crippen LogP contribution in [0.5, 0.6) is 0 Å². The first kappa shape index (κ1) is 13.0. The molecule has 0 saturated heterocycles. The normalized spacial score (nSPS) is 9.88. The highest BCUT2D eigenvalue weighted by atomic mass is 79.9. The van der Waals surface area contributed by atoms with Gasteiger partial charge in [-0.3, -0.25) is 0 Å². The molecule has 86 valence electrons. The number of hydrogen-bond acceptors (Lipinski definition) is 2. The average molecular weight is 283 g/mol. The summed E-state index contributed by atoms with van der Waals surface area (Å²) in [4.78, 5) is 11.6. The predicted octanol–water partition coefficient (Wildman–Crippen LogP) is 4.05. The van der Waals surface area contributed by atoms with Gasteiger partial charge in [0.05, 0.1) is 12.2 Å². The Bertz CT molecular complexity index is 386. The number of hydrogen-bond donors (Lipinski definition) is 0. The molecule has 0 heterocycles. The summed E-state index contributed by atoms with van der Waals surface area (Å²) < 4.78 is 6.04. The van der Waals surface area contributed by atoms with E-state index >= 15 is 0 Å². The van der Waals surface area contributed by atoms with Crippen LogP contribution in [0.15, 0.2) is 29.3 Å². The number of unbranched alkanes of at least 4 members (excludes halogenated alkanes) is 1. The summed E-state index contributed by atoms with van der Waals surface area (Å²) in [5.41, 5.74) is 1.46. The quantitative estimate of drug-likeness (QED) is 0.602. The van der Waals surface area contributed by atoms with E-state index in [-0.39, 0.29) is 5.97 Å². The zero-order valence-electron chi connectivity index (χ0n) is 9.33. The van der Waals surface area contributed by atoms with Crippen LogP contribution in [0.2, 0.25) is 0 Å². The Balaban J connectivity index is 2.72. The lowest BCUT2D eigenvalue weighted by Gasteiger charge is -2.05. The molecular weight excluding hydrogens is 268 g/mol. The van der Waals surface area contributed by atoms with E-state index in [0.717, 1.165) is 22.9 Å². The van der Waals surface area contributed by atoms with E-state index in [4.69, 9.17) is 4.74 Å². The molecule has 1 aromatic carbocycles. The number of ether oxygens (including phenoxy) is 1. The monoisotopic (exact) mass is 282 g/mol. The molecule has 16 heavy (non-hydrogen) atoms. The van der Waals surface area contributed by atoms with Gasteiger partial charge < -0.3 is 4.74 Å². The Morgan fingerprint density at radius 3 is 2.94 bits per heavy atom. The largest absolute Gasteiger partial charge is 0.462 e. The maximum absolute atomic E-state index is 11.6. The highest BCUT2D eigenvalue weighted by Gasteiger charge is 2.08. The lowest BCUT2D eigenvalue weighted by atomic mass is 10.1. The summed E-state index contributed by atoms with van der Waals surface area (Å²) in [6, 6.07) is 5.34. The van der Waals surface area contributed by atoms with Crippen molar-refractivity contribution >= 4 is 28.0 Å². The van der Waals surface area contributed by atoms with Gasteiger partial charge in [-0.1, -0.05) is 41.9 Å². The third-order valence-electron chi connectivity index (χ3n) is 2.18. The topological polar surface area (TPSA) is 26.3 Å². The smallest absolute Gasteiger partial charge is 0.338 e. The lowest BCUT2D eigenvalue weighted by molar-refractivity contribution is 0.0499. The van der Waals surface area contributed by atoms with Gasteiger partial charge in [0.15, 0.2) is 0 Å². The minimum Gasteiger partial charge on any atom is -0.462 e. The maximum atomic E-state index is 11.6. The number of halogens is 1. The molecular formula is C13H15BrO2. The average Bonchev–Trinajstić information content (AvgIpc) is 2.30. The number of carbonyl (C=O) groups excluding carboxylic acids is 1. The first-order valence-corrected chi connectivity index (χ1v) is 6.07. The molecule has 0 atom stereocenters. The van der Waals surface area contributed by atoms with Crippen molar-refractivity contribution in [2.75, 3.05) is 6.61 Å². The summed E-state index contributed by atoms with van der Waals surface area (Å²) in [5, 5.41) is 0. The van der Waals surface area contributed by atoms with Crippen molar-refractivity contribution in [3.8, 4) is 0 Å². The van der Waals surface area contributed by atoms with Crippen molar-refractivity contribution in [2.24, 2.45) is 0 Å². The highest BCUT2D eigenvalue weighted by molar-refractivity contribution is 9.10. The Labute approximate surface area is 104 Å². The predicted molar refractivity (Wildman–Crippen MR) is 69.4 cm³/mol. The van der Waals surface area contributed by atoms with Crippen LogP contribution in [0.4, 0.5) is 0 Å². The number of benzene rings is 1. The van der Waals surface area contributed by atoms with Crippen molar-refractivity contribution in [3.63, 3.8) is 0 Å². The van der Waals surface area contributed by atoms with Gasteiger partial charge in [0.1, 0.15) is 0 Å². The van der Waals surface area contributed by atoms with Gasteiger partial charge in [0.25, 0.3) is 0 Å². The molecule has 0 saturated carbocycles. The Hall–Kier alpha value is -1.09. The standard InChI is InChI=1S/C13H15BrO2/c1-3-5-8-16-13(15)11-6-7-12(14)10(4-2)9-11/h4,6-7,9H,2-3,5,8H2,1H3. The fraction of sp³-hybridized carbons (Fsp3) is 0.308. The Kier molecular flexibility index (Phi) is 5.26. The maximum Gasteiger partial charge on any atom is 0.338 e. The fourth-order valence-corrected chi connectivity index (χ4v) is 1.63. The number of carbonyl (C=O) groups is 1. The van der Waals surface area contributed by atoms with Gasteiger partial charge in [-0.15, -0.1) is 0 Å². The molecule has 0 aliphatic carbocycles. The van der Waals surface area contributed by atoms with Crippen molar-refractivity contribution in [1.82, 2.24) is 0 Å². The fourth-order valence-electron chi connectivity index (χ4n) is 1.22. The lowest BCUT2D eigenvalue weighted by Crippen LogP contribution is -2.06. The van der Waals surface area contributed by atoms with Gasteiger partial charge >= 0.3 is 5.97 Å². The SMILES string of the molecule is C=Cc1cc(C(=O)OCCCC)ccc1Br. The molecule has 0 aliphatic rings. The first-order chi connectivity index (χ1) is 7.69. The van der Waals surface area contributed by atoms with E-state index in [9.17, 15) is 4.79 Å². The van der Waals surface area contributed by atoms with E-state index in [1.807, 2.05) is 6.07 Å². The third kappa shape index (κ3) is 3.49. The van der Waals surface area contributed by atoms with Crippen LogP contribution in [0, 0.1) is 0 Å².